The van der Waals surface area contributed by atoms with Crippen LogP contribution in [0.25, 0.3) is 0 Å². The van der Waals surface area contributed by atoms with Gasteiger partial charge < -0.3 is 0 Å². The molecule has 0 amide bonds. The fraction of sp³-hybridized carbons (Fsp3) is 0.143. The van der Waals surface area contributed by atoms with Gasteiger partial charge in [-0.3, -0.25) is 25.8 Å². The number of aryl methyl sites for hydroxylation is 1. The zero-order valence-electron chi connectivity index (χ0n) is 6.07. The average molecular weight is 293 g/mol. The van der Waals surface area contributed by atoms with Crippen molar-refractivity contribution in [3.8, 4) is 0 Å². The van der Waals surface area contributed by atoms with Crippen LogP contribution in [0.15, 0.2) is 18.2 Å². The Balaban J connectivity index is 0.000000292. The summed E-state index contributed by atoms with van der Waals surface area (Å²) in [6, 6.07) is 7.34. The van der Waals surface area contributed by atoms with Crippen molar-refractivity contribution in [2.75, 3.05) is 0 Å². The van der Waals surface area contributed by atoms with E-state index in [0.29, 0.717) is 5.56 Å². The van der Waals surface area contributed by atoms with Crippen molar-refractivity contribution in [3.63, 3.8) is 0 Å². The molecular formula is C7H6Br2FMg. The molecule has 0 aliphatic heterocycles. The molecule has 0 bridgehead atoms. The largest absolute Gasteiger partial charge is 0.560 e. The average Bonchev–Trinajstić information content (AvgIpc) is 1.97. The summed E-state index contributed by atoms with van der Waals surface area (Å²) >= 11 is 6.44. The number of rotatable bonds is 0. The van der Waals surface area contributed by atoms with Crippen molar-refractivity contribution in [3.05, 3.63) is 35.6 Å². The van der Waals surface area contributed by atoms with Gasteiger partial charge in [0.25, 0.3) is 0 Å². The minimum absolute atomic E-state index is 0.0417. The molecule has 0 atom stereocenters. The molecule has 0 heterocycles. The molecule has 0 fully saturated rings. The lowest BCUT2D eigenvalue weighted by atomic mass is 10.2. The molecule has 0 aliphatic rings. The van der Waals surface area contributed by atoms with Gasteiger partial charge in [0.1, 0.15) is 5.82 Å². The number of halogens is 3. The third-order valence-electron chi connectivity index (χ3n) is 1.00. The summed E-state index contributed by atoms with van der Waals surface area (Å²) in [6.07, 6.45) is 0. The van der Waals surface area contributed by atoms with E-state index in [0.717, 1.165) is 0 Å². The molecule has 0 saturated heterocycles. The van der Waals surface area contributed by atoms with E-state index in [1.165, 1.54) is 6.07 Å². The van der Waals surface area contributed by atoms with Gasteiger partial charge >= 0.3 is 16.0 Å². The van der Waals surface area contributed by atoms with Crippen molar-refractivity contribution in [2.45, 2.75) is 6.92 Å². The van der Waals surface area contributed by atoms with E-state index < -0.39 is 0 Å². The molecule has 1 rings (SSSR count). The summed E-state index contributed by atoms with van der Waals surface area (Å²) in [6.45, 7) is 1.71. The molecule has 0 N–H and O–H groups in total. The molecule has 11 heavy (non-hydrogen) atoms. The minimum atomic E-state index is -0.163. The van der Waals surface area contributed by atoms with Gasteiger partial charge in [-0.05, 0) is 30.7 Å². The van der Waals surface area contributed by atoms with Gasteiger partial charge in [0.2, 0.25) is 0 Å². The van der Waals surface area contributed by atoms with Crippen LogP contribution >= 0.6 is 25.8 Å². The third-order valence-corrected chi connectivity index (χ3v) is 1.00. The van der Waals surface area contributed by atoms with E-state index in [9.17, 15) is 4.39 Å². The summed E-state index contributed by atoms with van der Waals surface area (Å²) in [7, 11) is 0. The summed E-state index contributed by atoms with van der Waals surface area (Å²) in [5.74, 6) is -0.163. The second kappa shape index (κ2) is 7.52. The molecule has 0 aromatic heterocycles. The van der Waals surface area contributed by atoms with Crippen LogP contribution < -0.4 is 0 Å². The Kier molecular flexibility index (Phi) is 8.12. The van der Waals surface area contributed by atoms with Crippen molar-refractivity contribution in [1.29, 1.82) is 0 Å². The second-order valence-electron chi connectivity index (χ2n) is 1.78. The molecule has 0 nitrogen and oxygen atoms in total. The molecule has 4 heteroatoms. The predicted molar refractivity (Wildman–Crippen MR) is 53.6 cm³/mol. The Morgan fingerprint density at radius 1 is 1.55 bits per heavy atom. The van der Waals surface area contributed by atoms with Gasteiger partial charge in [0.05, 0.1) is 0 Å². The van der Waals surface area contributed by atoms with Crippen LogP contribution in [0.5, 0.6) is 0 Å². The third kappa shape index (κ3) is 6.08. The lowest BCUT2D eigenvalue weighted by Crippen LogP contribution is -1.76. The highest BCUT2D eigenvalue weighted by molar-refractivity contribution is 9.47. The molecule has 0 aliphatic carbocycles. The van der Waals surface area contributed by atoms with E-state index in [1.807, 2.05) is 0 Å². The van der Waals surface area contributed by atoms with Gasteiger partial charge in [-0.25, -0.2) is 4.39 Å². The number of benzene rings is 1. The minimum Gasteiger partial charge on any atom is -0.280 e. The fourth-order valence-corrected chi connectivity index (χ4v) is 0.495. The maximum Gasteiger partial charge on any atom is 0.560 e. The molecule has 1 aromatic rings. The van der Waals surface area contributed by atoms with E-state index in [4.69, 9.17) is 0 Å². The molecule has 1 radical (unpaired) electrons. The van der Waals surface area contributed by atoms with E-state index in [2.05, 4.69) is 31.8 Å². The number of hydrogen-bond donors (Lipinski definition) is 0. The highest BCUT2D eigenvalue weighted by Crippen LogP contribution is 2.01. The Bertz CT molecular complexity index is 184. The maximum atomic E-state index is 12.3. The van der Waals surface area contributed by atoms with Crippen LogP contribution in [0, 0.1) is 18.8 Å². The number of hydrogen-bond acceptors (Lipinski definition) is 0. The van der Waals surface area contributed by atoms with Gasteiger partial charge in [-0.15, -0.1) is 0 Å². The van der Waals surface area contributed by atoms with Crippen molar-refractivity contribution in [2.24, 2.45) is 0 Å². The summed E-state index contributed by atoms with van der Waals surface area (Å²) in [4.78, 5) is 0. The first-order chi connectivity index (χ1) is 5.22. The Morgan fingerprint density at radius 3 is 2.36 bits per heavy atom. The first kappa shape index (κ1) is 11.9. The van der Waals surface area contributed by atoms with Gasteiger partial charge in [-0.2, -0.15) is 0 Å². The van der Waals surface area contributed by atoms with Gasteiger partial charge in [-0.1, -0.05) is 6.07 Å². The van der Waals surface area contributed by atoms with Crippen molar-refractivity contribution >= 4 is 41.8 Å². The van der Waals surface area contributed by atoms with Crippen LogP contribution in [0.1, 0.15) is 5.56 Å². The summed E-state index contributed by atoms with van der Waals surface area (Å²) in [5.41, 5.74) is 0.646. The van der Waals surface area contributed by atoms with Gasteiger partial charge in [0.15, 0.2) is 0 Å². The van der Waals surface area contributed by atoms with Crippen molar-refractivity contribution in [1.82, 2.24) is 0 Å². The second-order valence-corrected chi connectivity index (χ2v) is 9.86. The molecule has 0 saturated carbocycles. The first-order valence-electron chi connectivity index (χ1n) is 2.96. The highest BCUT2D eigenvalue weighted by Gasteiger charge is 1.89. The summed E-state index contributed by atoms with van der Waals surface area (Å²) in [5, 5.41) is 0. The molecule has 0 spiro atoms. The SMILES string of the molecule is Cc1c[c]ccc1F.[Br][Mg][Br]. The smallest absolute Gasteiger partial charge is 0.280 e. The van der Waals surface area contributed by atoms with Crippen LogP contribution in [-0.2, 0) is 0 Å². The molecule has 1 aromatic carbocycles. The van der Waals surface area contributed by atoms with Crippen LogP contribution in [0.2, 0.25) is 0 Å². The zero-order valence-corrected chi connectivity index (χ0v) is 10.7. The Hall–Kier alpha value is 0.876. The maximum absolute atomic E-state index is 12.3. The van der Waals surface area contributed by atoms with Crippen LogP contribution in [-0.4, -0.2) is 16.0 Å². The lowest BCUT2D eigenvalue weighted by molar-refractivity contribution is 0.618. The Labute approximate surface area is 88.0 Å². The first-order valence-corrected chi connectivity index (χ1v) is 10.8. The molecular weight excluding hydrogens is 287 g/mol. The van der Waals surface area contributed by atoms with E-state index in [-0.39, 0.29) is 21.8 Å². The fourth-order valence-electron chi connectivity index (χ4n) is 0.495. The zero-order chi connectivity index (χ0) is 8.69. The van der Waals surface area contributed by atoms with Gasteiger partial charge in [0, 0.05) is 0 Å². The quantitative estimate of drug-likeness (QED) is 0.644. The van der Waals surface area contributed by atoms with E-state index >= 15 is 0 Å². The molecule has 0 unspecified atom stereocenters. The Morgan fingerprint density at radius 2 is 2.09 bits per heavy atom. The predicted octanol–water partition coefficient (Wildman–Crippen LogP) is 3.24. The van der Waals surface area contributed by atoms with E-state index in [1.54, 1.807) is 19.1 Å². The normalized spacial score (nSPS) is 7.64. The van der Waals surface area contributed by atoms with Crippen LogP contribution in [0.3, 0.4) is 0 Å². The standard InChI is InChI=1S/C7H6F.2BrH.Mg/c1-6-4-2-3-5-7(6)8;;;/h3-5H,1H3;2*1H;/q;;;+2/p-2. The monoisotopic (exact) mass is 291 g/mol. The summed E-state index contributed by atoms with van der Waals surface area (Å²) < 4.78 is 12.3. The van der Waals surface area contributed by atoms with Crippen LogP contribution in [0.4, 0.5) is 4.39 Å². The lowest BCUT2D eigenvalue weighted by Gasteiger charge is -1.88. The topological polar surface area (TPSA) is 0 Å². The van der Waals surface area contributed by atoms with Crippen molar-refractivity contribution < 1.29 is 4.39 Å². The highest BCUT2D eigenvalue weighted by atomic mass is 79.9. The molecule has 57 valence electrons.